The number of carbonyl (C=O) groups excluding carboxylic acids is 1. The van der Waals surface area contributed by atoms with E-state index in [2.05, 4.69) is 46.5 Å². The average Bonchev–Trinajstić information content (AvgIpc) is 3.20. The highest BCUT2D eigenvalue weighted by Crippen LogP contribution is 2.31. The second-order valence-corrected chi connectivity index (χ2v) is 6.93. The molecular formula is C20H28N4O2. The van der Waals surface area contributed by atoms with Crippen LogP contribution in [0, 0.1) is 6.92 Å². The van der Waals surface area contributed by atoms with Crippen molar-refractivity contribution in [3.05, 3.63) is 53.9 Å². The summed E-state index contributed by atoms with van der Waals surface area (Å²) in [5.74, 6) is 0.0359. The van der Waals surface area contributed by atoms with Gasteiger partial charge in [-0.2, -0.15) is 5.10 Å². The van der Waals surface area contributed by atoms with Crippen molar-refractivity contribution in [1.82, 2.24) is 20.0 Å². The summed E-state index contributed by atoms with van der Waals surface area (Å²) >= 11 is 0. The summed E-state index contributed by atoms with van der Waals surface area (Å²) in [7, 11) is 1.64. The fourth-order valence-corrected chi connectivity index (χ4v) is 3.62. The van der Waals surface area contributed by atoms with Gasteiger partial charge in [-0.1, -0.05) is 24.3 Å². The van der Waals surface area contributed by atoms with Crippen molar-refractivity contribution < 1.29 is 9.53 Å². The van der Waals surface area contributed by atoms with Crippen LogP contribution in [-0.2, 0) is 21.6 Å². The van der Waals surface area contributed by atoms with Crippen molar-refractivity contribution in [2.45, 2.75) is 31.8 Å². The van der Waals surface area contributed by atoms with Gasteiger partial charge in [0.2, 0.25) is 5.91 Å². The van der Waals surface area contributed by atoms with Crippen molar-refractivity contribution in [2.75, 3.05) is 33.4 Å². The number of piperidine rings is 1. The maximum absolute atomic E-state index is 13.0. The summed E-state index contributed by atoms with van der Waals surface area (Å²) in [6.07, 6.45) is 5.13. The summed E-state index contributed by atoms with van der Waals surface area (Å²) in [5.41, 5.74) is 2.05. The molecule has 0 atom stereocenters. The molecule has 1 fully saturated rings. The zero-order valence-electron chi connectivity index (χ0n) is 15.6. The van der Waals surface area contributed by atoms with Gasteiger partial charge in [-0.3, -0.25) is 14.4 Å². The highest BCUT2D eigenvalue weighted by Gasteiger charge is 2.43. The SMILES string of the molecule is COCCNC(=O)C1(n2cccn2)CCN(Cc2ccccc2C)CC1. The van der Waals surface area contributed by atoms with Crippen LogP contribution in [0.5, 0.6) is 0 Å². The third-order valence-electron chi connectivity index (χ3n) is 5.30. The van der Waals surface area contributed by atoms with Gasteiger partial charge < -0.3 is 10.1 Å². The van der Waals surface area contributed by atoms with E-state index in [9.17, 15) is 4.79 Å². The molecule has 3 rings (SSSR count). The highest BCUT2D eigenvalue weighted by molar-refractivity contribution is 5.84. The fourth-order valence-electron chi connectivity index (χ4n) is 3.62. The van der Waals surface area contributed by atoms with Crippen molar-refractivity contribution in [3.8, 4) is 0 Å². The quantitative estimate of drug-likeness (QED) is 0.771. The third kappa shape index (κ3) is 3.97. The fraction of sp³-hybridized carbons (Fsp3) is 0.500. The van der Waals surface area contributed by atoms with E-state index in [1.165, 1.54) is 11.1 Å². The summed E-state index contributed by atoms with van der Waals surface area (Å²) in [5, 5.41) is 7.40. The molecule has 0 unspecified atom stereocenters. The Morgan fingerprint density at radius 1 is 1.27 bits per heavy atom. The Kier molecular flexibility index (Phi) is 6.06. The number of nitrogens with zero attached hydrogens (tertiary/aromatic N) is 3. The summed E-state index contributed by atoms with van der Waals surface area (Å²) in [6, 6.07) is 10.4. The largest absolute Gasteiger partial charge is 0.383 e. The van der Waals surface area contributed by atoms with E-state index in [0.717, 1.165) is 32.5 Å². The Morgan fingerprint density at radius 3 is 2.69 bits per heavy atom. The van der Waals surface area contributed by atoms with Crippen molar-refractivity contribution >= 4 is 5.91 Å². The highest BCUT2D eigenvalue weighted by atomic mass is 16.5. The van der Waals surface area contributed by atoms with Crippen LogP contribution < -0.4 is 5.32 Å². The smallest absolute Gasteiger partial charge is 0.248 e. The lowest BCUT2D eigenvalue weighted by molar-refractivity contribution is -0.133. The normalized spacial score (nSPS) is 17.2. The van der Waals surface area contributed by atoms with E-state index >= 15 is 0 Å². The second kappa shape index (κ2) is 8.47. The minimum absolute atomic E-state index is 0.0359. The van der Waals surface area contributed by atoms with Gasteiger partial charge in [0, 0.05) is 45.7 Å². The van der Waals surface area contributed by atoms with Gasteiger partial charge in [0.05, 0.1) is 6.61 Å². The van der Waals surface area contributed by atoms with Gasteiger partial charge in [-0.15, -0.1) is 0 Å². The molecule has 26 heavy (non-hydrogen) atoms. The molecule has 0 spiro atoms. The Labute approximate surface area is 155 Å². The lowest BCUT2D eigenvalue weighted by atomic mass is 9.86. The Bertz CT molecular complexity index is 706. The number of rotatable bonds is 7. The molecule has 1 saturated heterocycles. The number of nitrogens with one attached hydrogen (secondary N) is 1. The predicted molar refractivity (Wildman–Crippen MR) is 101 cm³/mol. The monoisotopic (exact) mass is 356 g/mol. The van der Waals surface area contributed by atoms with E-state index in [1.54, 1.807) is 13.3 Å². The second-order valence-electron chi connectivity index (χ2n) is 6.93. The maximum Gasteiger partial charge on any atom is 0.248 e. The first-order valence-electron chi connectivity index (χ1n) is 9.20. The van der Waals surface area contributed by atoms with Crippen LogP contribution in [0.15, 0.2) is 42.7 Å². The van der Waals surface area contributed by atoms with Crippen LogP contribution in [0.25, 0.3) is 0 Å². The lowest BCUT2D eigenvalue weighted by Crippen LogP contribution is -2.55. The summed E-state index contributed by atoms with van der Waals surface area (Å²) < 4.78 is 6.89. The first kappa shape index (κ1) is 18.6. The minimum Gasteiger partial charge on any atom is -0.383 e. The molecule has 6 heteroatoms. The van der Waals surface area contributed by atoms with Gasteiger partial charge in [0.1, 0.15) is 5.54 Å². The number of aromatic nitrogens is 2. The molecule has 1 aliphatic rings. The van der Waals surface area contributed by atoms with Crippen LogP contribution in [-0.4, -0.2) is 53.9 Å². The minimum atomic E-state index is -0.612. The van der Waals surface area contributed by atoms with Crippen LogP contribution in [0.1, 0.15) is 24.0 Å². The topological polar surface area (TPSA) is 59.4 Å². The Balaban J connectivity index is 1.69. The number of methoxy groups -OCH3 is 1. The van der Waals surface area contributed by atoms with E-state index in [0.29, 0.717) is 13.2 Å². The van der Waals surface area contributed by atoms with E-state index in [4.69, 9.17) is 4.74 Å². The standard InChI is InChI=1S/C20H28N4O2/c1-17-6-3-4-7-18(17)16-23-13-8-20(9-14-23,24-12-5-10-22-24)19(25)21-11-15-26-2/h3-7,10,12H,8-9,11,13-16H2,1-2H3,(H,21,25). The molecular weight excluding hydrogens is 328 g/mol. The van der Waals surface area contributed by atoms with Crippen LogP contribution in [0.4, 0.5) is 0 Å². The molecule has 140 valence electrons. The first-order valence-corrected chi connectivity index (χ1v) is 9.20. The molecule has 6 nitrogen and oxygen atoms in total. The molecule has 2 aromatic rings. The zero-order chi connectivity index (χ0) is 18.4. The molecule has 0 aliphatic carbocycles. The first-order chi connectivity index (χ1) is 12.7. The number of benzene rings is 1. The number of likely N-dealkylation sites (tertiary alicyclic amines) is 1. The van der Waals surface area contributed by atoms with Gasteiger partial charge in [0.25, 0.3) is 0 Å². The van der Waals surface area contributed by atoms with E-state index in [-0.39, 0.29) is 5.91 Å². The number of aryl methyl sites for hydroxylation is 1. The number of hydrogen-bond donors (Lipinski definition) is 1. The van der Waals surface area contributed by atoms with Crippen LogP contribution in [0.3, 0.4) is 0 Å². The zero-order valence-corrected chi connectivity index (χ0v) is 15.6. The molecule has 1 amide bonds. The number of carbonyl (C=O) groups is 1. The van der Waals surface area contributed by atoms with Crippen molar-refractivity contribution in [3.63, 3.8) is 0 Å². The van der Waals surface area contributed by atoms with Crippen LogP contribution >= 0.6 is 0 Å². The average molecular weight is 356 g/mol. The van der Waals surface area contributed by atoms with Crippen molar-refractivity contribution in [1.29, 1.82) is 0 Å². The van der Waals surface area contributed by atoms with Gasteiger partial charge in [-0.05, 0) is 37.0 Å². The lowest BCUT2D eigenvalue weighted by Gasteiger charge is -2.40. The van der Waals surface area contributed by atoms with Crippen LogP contribution in [0.2, 0.25) is 0 Å². The Hall–Kier alpha value is -2.18. The molecule has 0 bridgehead atoms. The number of hydrogen-bond acceptors (Lipinski definition) is 4. The predicted octanol–water partition coefficient (Wildman–Crippen LogP) is 1.95. The third-order valence-corrected chi connectivity index (χ3v) is 5.30. The number of ether oxygens (including phenoxy) is 1. The molecule has 1 aliphatic heterocycles. The van der Waals surface area contributed by atoms with Gasteiger partial charge in [-0.25, -0.2) is 0 Å². The molecule has 1 N–H and O–H groups in total. The molecule has 0 radical (unpaired) electrons. The maximum atomic E-state index is 13.0. The summed E-state index contributed by atoms with van der Waals surface area (Å²) in [4.78, 5) is 15.4. The van der Waals surface area contributed by atoms with E-state index in [1.807, 2.05) is 16.9 Å². The van der Waals surface area contributed by atoms with Gasteiger partial charge in [0.15, 0.2) is 0 Å². The summed E-state index contributed by atoms with van der Waals surface area (Å²) in [6.45, 7) is 5.84. The molecule has 0 saturated carbocycles. The van der Waals surface area contributed by atoms with Gasteiger partial charge >= 0.3 is 0 Å². The molecule has 1 aromatic heterocycles. The molecule has 1 aromatic carbocycles. The Morgan fingerprint density at radius 2 is 2.04 bits per heavy atom. The van der Waals surface area contributed by atoms with E-state index < -0.39 is 5.54 Å². The van der Waals surface area contributed by atoms with Crippen molar-refractivity contribution in [2.24, 2.45) is 0 Å². The number of amides is 1. The molecule has 2 heterocycles.